The highest BCUT2D eigenvalue weighted by molar-refractivity contribution is 4.73. The molecule has 4 N–H and O–H groups in total. The molecular weight excluding hydrogens is 118 g/mol. The first-order valence-corrected chi connectivity index (χ1v) is 3.21. The van der Waals surface area contributed by atoms with Gasteiger partial charge in [-0.25, -0.2) is 0 Å². The molecule has 0 bridgehead atoms. The van der Waals surface area contributed by atoms with E-state index in [9.17, 15) is 0 Å². The molecule has 0 saturated carbocycles. The average molecular weight is 133 g/mol. The maximum absolute atomic E-state index is 9.02. The minimum Gasteiger partial charge on any atom is -0.390 e. The minimum atomic E-state index is -0.782. The summed E-state index contributed by atoms with van der Waals surface area (Å²) in [7, 11) is 0. The lowest BCUT2D eigenvalue weighted by atomic mass is 10.1. The van der Waals surface area contributed by atoms with Crippen molar-refractivity contribution in [2.45, 2.75) is 38.5 Å². The fourth-order valence-corrected chi connectivity index (χ4v) is 0.592. The summed E-state index contributed by atoms with van der Waals surface area (Å²) in [5.41, 5.74) is 5.30. The van der Waals surface area contributed by atoms with Crippen molar-refractivity contribution in [3.8, 4) is 0 Å². The van der Waals surface area contributed by atoms with E-state index in [-0.39, 0.29) is 6.04 Å². The van der Waals surface area contributed by atoms with Gasteiger partial charge < -0.3 is 15.9 Å². The van der Waals surface area contributed by atoms with E-state index in [2.05, 4.69) is 0 Å². The van der Waals surface area contributed by atoms with Gasteiger partial charge in [-0.3, -0.25) is 0 Å². The zero-order valence-corrected chi connectivity index (χ0v) is 5.91. The summed E-state index contributed by atoms with van der Waals surface area (Å²) >= 11 is 0. The molecule has 0 aliphatic heterocycles. The lowest BCUT2D eigenvalue weighted by molar-refractivity contribution is 0.00584. The van der Waals surface area contributed by atoms with Crippen LogP contribution in [0.4, 0.5) is 0 Å². The first-order valence-electron chi connectivity index (χ1n) is 3.21. The number of aliphatic hydroxyl groups excluding tert-OH is 2. The van der Waals surface area contributed by atoms with Crippen LogP contribution < -0.4 is 5.73 Å². The second-order valence-corrected chi connectivity index (χ2v) is 2.33. The lowest BCUT2D eigenvalue weighted by Gasteiger charge is -2.18. The maximum atomic E-state index is 9.02. The van der Waals surface area contributed by atoms with Crippen LogP contribution in [-0.2, 0) is 0 Å². The Bertz CT molecular complexity index is 75.5. The van der Waals surface area contributed by atoms with Gasteiger partial charge in [-0.1, -0.05) is 6.92 Å². The van der Waals surface area contributed by atoms with E-state index in [1.165, 1.54) is 0 Å². The van der Waals surface area contributed by atoms with Gasteiger partial charge in [0.05, 0.1) is 12.2 Å². The molecule has 3 atom stereocenters. The van der Waals surface area contributed by atoms with Gasteiger partial charge in [-0.2, -0.15) is 0 Å². The van der Waals surface area contributed by atoms with Crippen LogP contribution in [0.1, 0.15) is 20.3 Å². The van der Waals surface area contributed by atoms with Crippen LogP contribution in [-0.4, -0.2) is 28.5 Å². The Morgan fingerprint density at radius 2 is 1.89 bits per heavy atom. The Morgan fingerprint density at radius 1 is 1.44 bits per heavy atom. The molecule has 9 heavy (non-hydrogen) atoms. The van der Waals surface area contributed by atoms with Gasteiger partial charge >= 0.3 is 0 Å². The Morgan fingerprint density at radius 3 is 2.00 bits per heavy atom. The Labute approximate surface area is 55.5 Å². The number of hydrogen-bond acceptors (Lipinski definition) is 3. The summed E-state index contributed by atoms with van der Waals surface area (Å²) in [5, 5.41) is 18.0. The average Bonchev–Trinajstić information content (AvgIpc) is 1.84. The second kappa shape index (κ2) is 3.82. The van der Waals surface area contributed by atoms with Crippen molar-refractivity contribution in [3.63, 3.8) is 0 Å². The second-order valence-electron chi connectivity index (χ2n) is 2.33. The summed E-state index contributed by atoms with van der Waals surface area (Å²) in [6.07, 6.45) is -0.914. The third-order valence-electron chi connectivity index (χ3n) is 1.35. The highest BCUT2D eigenvalue weighted by Crippen LogP contribution is 2.00. The van der Waals surface area contributed by atoms with Crippen molar-refractivity contribution in [1.82, 2.24) is 0 Å². The smallest absolute Gasteiger partial charge is 0.0946 e. The van der Waals surface area contributed by atoms with Crippen molar-refractivity contribution in [1.29, 1.82) is 0 Å². The van der Waals surface area contributed by atoms with Gasteiger partial charge in [-0.15, -0.1) is 0 Å². The number of rotatable bonds is 3. The predicted molar refractivity (Wildman–Crippen MR) is 36.0 cm³/mol. The normalized spacial score (nSPS) is 21.0. The predicted octanol–water partition coefficient (Wildman–Crippen LogP) is -0.535. The molecule has 0 aliphatic carbocycles. The van der Waals surface area contributed by atoms with Crippen LogP contribution in [0.15, 0.2) is 0 Å². The molecular formula is C6H15NO2. The summed E-state index contributed by atoms with van der Waals surface area (Å²) in [5.74, 6) is 0. The first kappa shape index (κ1) is 8.88. The molecule has 0 aromatic heterocycles. The molecule has 0 spiro atoms. The monoisotopic (exact) mass is 133 g/mol. The van der Waals surface area contributed by atoms with Gasteiger partial charge in [0.1, 0.15) is 0 Å². The fraction of sp³-hybridized carbons (Fsp3) is 1.00. The lowest BCUT2D eigenvalue weighted by Crippen LogP contribution is -2.40. The van der Waals surface area contributed by atoms with Gasteiger partial charge in [0, 0.05) is 6.04 Å². The Hall–Kier alpha value is -0.120. The molecule has 3 nitrogen and oxygen atoms in total. The molecule has 0 aromatic carbocycles. The van der Waals surface area contributed by atoms with Crippen LogP contribution in [0.25, 0.3) is 0 Å². The van der Waals surface area contributed by atoms with E-state index in [1.807, 2.05) is 0 Å². The van der Waals surface area contributed by atoms with Crippen LogP contribution in [0, 0.1) is 0 Å². The highest BCUT2D eigenvalue weighted by Gasteiger charge is 2.17. The number of nitrogens with two attached hydrogens (primary N) is 1. The topological polar surface area (TPSA) is 66.5 Å². The van der Waals surface area contributed by atoms with Crippen molar-refractivity contribution >= 4 is 0 Å². The molecule has 0 heterocycles. The van der Waals surface area contributed by atoms with Crippen LogP contribution in [0.3, 0.4) is 0 Å². The molecule has 0 radical (unpaired) electrons. The van der Waals surface area contributed by atoms with Gasteiger partial charge in [0.2, 0.25) is 0 Å². The van der Waals surface area contributed by atoms with Crippen molar-refractivity contribution in [2.75, 3.05) is 0 Å². The minimum absolute atomic E-state index is 0.347. The third-order valence-corrected chi connectivity index (χ3v) is 1.35. The molecule has 0 saturated heterocycles. The van der Waals surface area contributed by atoms with E-state index < -0.39 is 12.2 Å². The molecule has 0 amide bonds. The molecule has 56 valence electrons. The highest BCUT2D eigenvalue weighted by atomic mass is 16.3. The zero-order chi connectivity index (χ0) is 7.44. The Balaban J connectivity index is 3.58. The summed E-state index contributed by atoms with van der Waals surface area (Å²) in [6.45, 7) is 3.47. The van der Waals surface area contributed by atoms with E-state index in [4.69, 9.17) is 15.9 Å². The first-order chi connectivity index (χ1) is 4.09. The van der Waals surface area contributed by atoms with Crippen LogP contribution in [0.2, 0.25) is 0 Å². The SMILES string of the molecule is CCC(O)C(O)C(C)N. The molecule has 3 heteroatoms. The number of aliphatic hydroxyl groups is 2. The molecule has 0 rings (SSSR count). The summed E-state index contributed by atoms with van der Waals surface area (Å²) < 4.78 is 0. The van der Waals surface area contributed by atoms with E-state index in [0.29, 0.717) is 6.42 Å². The largest absolute Gasteiger partial charge is 0.390 e. The fourth-order valence-electron chi connectivity index (χ4n) is 0.592. The molecule has 0 aromatic rings. The summed E-state index contributed by atoms with van der Waals surface area (Å²) in [6, 6.07) is -0.347. The number of hydrogen-bond donors (Lipinski definition) is 3. The van der Waals surface area contributed by atoms with E-state index in [1.54, 1.807) is 13.8 Å². The quantitative estimate of drug-likeness (QED) is 0.484. The van der Waals surface area contributed by atoms with Crippen LogP contribution >= 0.6 is 0 Å². The van der Waals surface area contributed by atoms with E-state index in [0.717, 1.165) is 0 Å². The van der Waals surface area contributed by atoms with Gasteiger partial charge in [0.15, 0.2) is 0 Å². The summed E-state index contributed by atoms with van der Waals surface area (Å²) in [4.78, 5) is 0. The molecule has 3 unspecified atom stereocenters. The van der Waals surface area contributed by atoms with Gasteiger partial charge in [-0.05, 0) is 13.3 Å². The van der Waals surface area contributed by atoms with Crippen LogP contribution in [0.5, 0.6) is 0 Å². The Kier molecular flexibility index (Phi) is 3.77. The van der Waals surface area contributed by atoms with Crippen molar-refractivity contribution in [2.24, 2.45) is 5.73 Å². The van der Waals surface area contributed by atoms with E-state index >= 15 is 0 Å². The standard InChI is InChI=1S/C6H15NO2/c1-3-5(8)6(9)4(2)7/h4-6,8-9H,3,7H2,1-2H3. The van der Waals surface area contributed by atoms with Crippen molar-refractivity contribution < 1.29 is 10.2 Å². The molecule has 0 fully saturated rings. The maximum Gasteiger partial charge on any atom is 0.0946 e. The van der Waals surface area contributed by atoms with Crippen molar-refractivity contribution in [3.05, 3.63) is 0 Å². The third kappa shape index (κ3) is 2.79. The zero-order valence-electron chi connectivity index (χ0n) is 5.91. The van der Waals surface area contributed by atoms with Gasteiger partial charge in [0.25, 0.3) is 0 Å². The molecule has 0 aliphatic rings.